The van der Waals surface area contributed by atoms with Crippen molar-refractivity contribution >= 4 is 23.3 Å². The van der Waals surface area contributed by atoms with Crippen LogP contribution in [-0.2, 0) is 19.1 Å². The summed E-state index contributed by atoms with van der Waals surface area (Å²) in [4.78, 5) is 22.9. The van der Waals surface area contributed by atoms with Gasteiger partial charge >= 0.3 is 11.9 Å². The maximum atomic E-state index is 11.6. The van der Waals surface area contributed by atoms with Crippen molar-refractivity contribution in [3.8, 4) is 0 Å². The second-order valence-corrected chi connectivity index (χ2v) is 4.07. The average molecular weight is 266 g/mol. The topological polar surface area (TPSA) is 90.6 Å². The van der Waals surface area contributed by atoms with Crippen LogP contribution in [0.2, 0.25) is 0 Å². The molecule has 1 aromatic carbocycles. The minimum Gasteiger partial charge on any atom is -0.469 e. The molecule has 19 heavy (non-hydrogen) atoms. The minimum atomic E-state index is -0.791. The third-order valence-corrected chi connectivity index (χ3v) is 2.69. The number of carbonyl (C=O) groups is 2. The Morgan fingerprint density at radius 1 is 1.32 bits per heavy atom. The molecule has 0 spiro atoms. The fourth-order valence-corrected chi connectivity index (χ4v) is 1.55. The van der Waals surface area contributed by atoms with E-state index in [1.165, 1.54) is 14.2 Å². The highest BCUT2D eigenvalue weighted by atomic mass is 16.5. The first-order valence-electron chi connectivity index (χ1n) is 5.75. The standard InChI is InChI=1S/C13H18N2O4/c1-8-6-9(4-5-10(8)14)15-11(13(17)19-3)7-12(16)18-2/h4-6,11,15H,7,14H2,1-3H3. The van der Waals surface area contributed by atoms with E-state index in [0.717, 1.165) is 5.56 Å². The second-order valence-electron chi connectivity index (χ2n) is 4.07. The maximum Gasteiger partial charge on any atom is 0.328 e. The average Bonchev–Trinajstić information content (AvgIpc) is 2.41. The number of nitrogens with one attached hydrogen (secondary N) is 1. The molecule has 0 saturated carbocycles. The van der Waals surface area contributed by atoms with Gasteiger partial charge in [-0.2, -0.15) is 0 Å². The Balaban J connectivity index is 2.84. The van der Waals surface area contributed by atoms with Crippen LogP contribution in [0.3, 0.4) is 0 Å². The molecule has 0 fully saturated rings. The third kappa shape index (κ3) is 4.17. The first kappa shape index (κ1) is 14.8. The van der Waals surface area contributed by atoms with Gasteiger partial charge in [-0.05, 0) is 30.7 Å². The summed E-state index contributed by atoms with van der Waals surface area (Å²) in [6, 6.07) is 4.46. The van der Waals surface area contributed by atoms with Crippen molar-refractivity contribution in [3.63, 3.8) is 0 Å². The summed E-state index contributed by atoms with van der Waals surface area (Å²) < 4.78 is 9.20. The number of methoxy groups -OCH3 is 2. The molecule has 0 aliphatic carbocycles. The lowest BCUT2D eigenvalue weighted by molar-refractivity contribution is -0.148. The summed E-state index contributed by atoms with van der Waals surface area (Å²) in [6.45, 7) is 1.86. The first-order chi connectivity index (χ1) is 8.97. The van der Waals surface area contributed by atoms with Crippen LogP contribution in [0.1, 0.15) is 12.0 Å². The zero-order chi connectivity index (χ0) is 14.4. The zero-order valence-corrected chi connectivity index (χ0v) is 11.2. The number of anilines is 2. The molecule has 1 aromatic rings. The SMILES string of the molecule is COC(=O)CC(Nc1ccc(N)c(C)c1)C(=O)OC. The molecular formula is C13H18N2O4. The van der Waals surface area contributed by atoms with E-state index in [2.05, 4.69) is 14.8 Å². The van der Waals surface area contributed by atoms with Crippen LogP contribution in [0.5, 0.6) is 0 Å². The van der Waals surface area contributed by atoms with Gasteiger partial charge in [-0.1, -0.05) is 0 Å². The van der Waals surface area contributed by atoms with Crippen LogP contribution in [0.4, 0.5) is 11.4 Å². The van der Waals surface area contributed by atoms with E-state index < -0.39 is 18.0 Å². The Kier molecular flexibility index (Phi) is 5.17. The zero-order valence-electron chi connectivity index (χ0n) is 11.2. The largest absolute Gasteiger partial charge is 0.469 e. The van der Waals surface area contributed by atoms with Crippen LogP contribution in [0, 0.1) is 6.92 Å². The van der Waals surface area contributed by atoms with E-state index in [1.54, 1.807) is 18.2 Å². The first-order valence-corrected chi connectivity index (χ1v) is 5.75. The van der Waals surface area contributed by atoms with Gasteiger partial charge in [0.25, 0.3) is 0 Å². The second kappa shape index (κ2) is 6.63. The fraction of sp³-hybridized carbons (Fsp3) is 0.385. The quantitative estimate of drug-likeness (QED) is 0.612. The maximum absolute atomic E-state index is 11.6. The van der Waals surface area contributed by atoms with Crippen molar-refractivity contribution in [2.75, 3.05) is 25.3 Å². The molecular weight excluding hydrogens is 248 g/mol. The van der Waals surface area contributed by atoms with Gasteiger partial charge in [0.2, 0.25) is 0 Å². The van der Waals surface area contributed by atoms with Gasteiger partial charge in [0.05, 0.1) is 20.6 Å². The van der Waals surface area contributed by atoms with Crippen molar-refractivity contribution in [2.24, 2.45) is 0 Å². The predicted molar refractivity (Wildman–Crippen MR) is 71.7 cm³/mol. The molecule has 0 aromatic heterocycles. The molecule has 0 radical (unpaired) electrons. The van der Waals surface area contributed by atoms with E-state index in [1.807, 2.05) is 6.92 Å². The monoisotopic (exact) mass is 266 g/mol. The van der Waals surface area contributed by atoms with Gasteiger partial charge in [-0.3, -0.25) is 4.79 Å². The molecule has 0 aliphatic rings. The Hall–Kier alpha value is -2.24. The van der Waals surface area contributed by atoms with E-state index in [-0.39, 0.29) is 6.42 Å². The molecule has 1 rings (SSSR count). The summed E-state index contributed by atoms with van der Waals surface area (Å²) in [7, 11) is 2.53. The number of rotatable bonds is 5. The van der Waals surface area contributed by atoms with Crippen molar-refractivity contribution in [1.29, 1.82) is 0 Å². The van der Waals surface area contributed by atoms with Crippen molar-refractivity contribution in [1.82, 2.24) is 0 Å². The van der Waals surface area contributed by atoms with E-state index in [4.69, 9.17) is 5.73 Å². The summed E-state index contributed by atoms with van der Waals surface area (Å²) in [5, 5.41) is 2.93. The molecule has 0 bridgehead atoms. The minimum absolute atomic E-state index is 0.105. The van der Waals surface area contributed by atoms with Crippen LogP contribution in [0.25, 0.3) is 0 Å². The Labute approximate surface area is 111 Å². The fourth-order valence-electron chi connectivity index (χ4n) is 1.55. The summed E-state index contributed by atoms with van der Waals surface area (Å²) in [5.41, 5.74) is 7.94. The van der Waals surface area contributed by atoms with Crippen LogP contribution in [0.15, 0.2) is 18.2 Å². The van der Waals surface area contributed by atoms with E-state index in [0.29, 0.717) is 11.4 Å². The Morgan fingerprint density at radius 2 is 2.00 bits per heavy atom. The number of hydrogen-bond acceptors (Lipinski definition) is 6. The molecule has 1 unspecified atom stereocenters. The molecule has 0 heterocycles. The number of nitrogens with two attached hydrogens (primary N) is 1. The Bertz CT molecular complexity index is 474. The van der Waals surface area contributed by atoms with E-state index in [9.17, 15) is 9.59 Å². The Morgan fingerprint density at radius 3 is 2.53 bits per heavy atom. The van der Waals surface area contributed by atoms with Crippen LogP contribution in [-0.4, -0.2) is 32.2 Å². The third-order valence-electron chi connectivity index (χ3n) is 2.69. The van der Waals surface area contributed by atoms with Gasteiger partial charge in [-0.15, -0.1) is 0 Å². The molecule has 0 aliphatic heterocycles. The highest BCUT2D eigenvalue weighted by Gasteiger charge is 2.23. The van der Waals surface area contributed by atoms with Gasteiger partial charge in [0.15, 0.2) is 0 Å². The summed E-state index contributed by atoms with van der Waals surface area (Å²) in [6.07, 6.45) is -0.105. The number of benzene rings is 1. The van der Waals surface area contributed by atoms with Crippen molar-refractivity contribution in [3.05, 3.63) is 23.8 Å². The molecule has 0 amide bonds. The highest BCUT2D eigenvalue weighted by Crippen LogP contribution is 2.18. The number of hydrogen-bond donors (Lipinski definition) is 2. The number of aryl methyl sites for hydroxylation is 1. The molecule has 104 valence electrons. The van der Waals surface area contributed by atoms with Gasteiger partial charge < -0.3 is 20.5 Å². The highest BCUT2D eigenvalue weighted by molar-refractivity contribution is 5.85. The predicted octanol–water partition coefficient (Wildman–Crippen LogP) is 1.09. The number of nitrogen functional groups attached to an aromatic ring is 1. The van der Waals surface area contributed by atoms with Crippen molar-refractivity contribution < 1.29 is 19.1 Å². The smallest absolute Gasteiger partial charge is 0.328 e. The van der Waals surface area contributed by atoms with Gasteiger partial charge in [0, 0.05) is 11.4 Å². The molecule has 6 nitrogen and oxygen atoms in total. The number of esters is 2. The van der Waals surface area contributed by atoms with Crippen molar-refractivity contribution in [2.45, 2.75) is 19.4 Å². The molecule has 6 heteroatoms. The van der Waals surface area contributed by atoms with Gasteiger partial charge in [0.1, 0.15) is 6.04 Å². The molecule has 3 N–H and O–H groups in total. The number of ether oxygens (including phenoxy) is 2. The molecule has 1 atom stereocenters. The number of carbonyl (C=O) groups excluding carboxylic acids is 2. The lowest BCUT2D eigenvalue weighted by atomic mass is 10.1. The lowest BCUT2D eigenvalue weighted by Crippen LogP contribution is -2.33. The summed E-state index contributed by atoms with van der Waals surface area (Å²) >= 11 is 0. The summed E-state index contributed by atoms with van der Waals surface area (Å²) in [5.74, 6) is -1.02. The van der Waals surface area contributed by atoms with Crippen LogP contribution < -0.4 is 11.1 Å². The molecule has 0 saturated heterocycles. The lowest BCUT2D eigenvalue weighted by Gasteiger charge is -2.17. The normalized spacial score (nSPS) is 11.5. The van der Waals surface area contributed by atoms with Gasteiger partial charge in [-0.25, -0.2) is 4.79 Å². The van der Waals surface area contributed by atoms with E-state index >= 15 is 0 Å². The van der Waals surface area contributed by atoms with Crippen LogP contribution >= 0.6 is 0 Å².